The molecule has 0 fully saturated rings. The minimum absolute atomic E-state index is 0.416. The number of methoxy groups -OCH3 is 1. The molecule has 1 amide bonds. The quantitative estimate of drug-likeness (QED) is 0.785. The van der Waals surface area contributed by atoms with Gasteiger partial charge >= 0.3 is 0 Å². The van der Waals surface area contributed by atoms with Gasteiger partial charge in [0.15, 0.2) is 0 Å². The number of carbonyl (C=O) groups excluding carboxylic acids is 1. The number of thiazole rings is 1. The second-order valence-electron chi connectivity index (χ2n) is 3.84. The van der Waals surface area contributed by atoms with Gasteiger partial charge in [-0.25, -0.2) is 4.52 Å². The largest absolute Gasteiger partial charge is 0.496 e. The van der Waals surface area contributed by atoms with Crippen LogP contribution in [0.25, 0.3) is 15.3 Å². The number of ether oxygens (including phenoxy) is 1. The molecule has 0 aliphatic heterocycles. The highest BCUT2D eigenvalue weighted by Crippen LogP contribution is 2.35. The van der Waals surface area contributed by atoms with E-state index in [4.69, 9.17) is 10.5 Å². The van der Waals surface area contributed by atoms with Gasteiger partial charge in [-0.1, -0.05) is 0 Å². The monoisotopic (exact) mass is 274 g/mol. The average molecular weight is 274 g/mol. The van der Waals surface area contributed by atoms with E-state index in [1.54, 1.807) is 30.1 Å². The first-order valence-electron chi connectivity index (χ1n) is 5.46. The summed E-state index contributed by atoms with van der Waals surface area (Å²) < 4.78 is 6.93. The second kappa shape index (κ2) is 4.36. The summed E-state index contributed by atoms with van der Waals surface area (Å²) in [4.78, 5) is 17.0. The number of rotatable bonds is 3. The maximum absolute atomic E-state index is 11.3. The highest BCUT2D eigenvalue weighted by atomic mass is 32.1. The van der Waals surface area contributed by atoms with Crippen molar-refractivity contribution < 1.29 is 9.53 Å². The fourth-order valence-corrected chi connectivity index (χ4v) is 2.91. The van der Waals surface area contributed by atoms with E-state index >= 15 is 0 Å². The molecule has 2 N–H and O–H groups in total. The number of nitrogens with zero attached hydrogens (tertiary/aromatic N) is 3. The Morgan fingerprint density at radius 1 is 1.47 bits per heavy atom. The number of fused-ring (bicyclic) bond motifs is 1. The average Bonchev–Trinajstić information content (AvgIpc) is 2.97. The lowest BCUT2D eigenvalue weighted by Crippen LogP contribution is -2.09. The van der Waals surface area contributed by atoms with Crippen molar-refractivity contribution in [3.05, 3.63) is 36.4 Å². The highest BCUT2D eigenvalue weighted by molar-refractivity contribution is 7.21. The number of primary amides is 1. The van der Waals surface area contributed by atoms with Crippen molar-refractivity contribution >= 4 is 22.1 Å². The lowest BCUT2D eigenvalue weighted by atomic mass is 10.2. The van der Waals surface area contributed by atoms with Gasteiger partial charge in [0, 0.05) is 18.6 Å². The van der Waals surface area contributed by atoms with Gasteiger partial charge < -0.3 is 10.5 Å². The van der Waals surface area contributed by atoms with Crippen molar-refractivity contribution in [3.8, 4) is 16.2 Å². The van der Waals surface area contributed by atoms with E-state index in [1.165, 1.54) is 17.5 Å². The van der Waals surface area contributed by atoms with Gasteiger partial charge in [0.25, 0.3) is 5.91 Å². The van der Waals surface area contributed by atoms with E-state index in [0.29, 0.717) is 10.4 Å². The van der Waals surface area contributed by atoms with E-state index in [9.17, 15) is 4.79 Å². The molecule has 3 heterocycles. The van der Waals surface area contributed by atoms with Gasteiger partial charge in [0.05, 0.1) is 29.3 Å². The number of amides is 1. The third kappa shape index (κ3) is 1.84. The third-order valence-electron chi connectivity index (χ3n) is 2.73. The second-order valence-corrected chi connectivity index (χ2v) is 4.87. The lowest BCUT2D eigenvalue weighted by Gasteiger charge is -2.04. The molecule has 96 valence electrons. The summed E-state index contributed by atoms with van der Waals surface area (Å²) in [5.74, 6) is 0.238. The summed E-state index contributed by atoms with van der Waals surface area (Å²) in [6.07, 6.45) is 6.67. The molecule has 6 nitrogen and oxygen atoms in total. The summed E-state index contributed by atoms with van der Waals surface area (Å²) in [6.45, 7) is 0. The minimum atomic E-state index is -0.485. The number of pyridine rings is 1. The molecule has 0 saturated carbocycles. The van der Waals surface area contributed by atoms with Crippen LogP contribution in [-0.4, -0.2) is 27.6 Å². The zero-order valence-corrected chi connectivity index (χ0v) is 10.8. The van der Waals surface area contributed by atoms with Crippen molar-refractivity contribution in [2.45, 2.75) is 0 Å². The Hall–Kier alpha value is -2.41. The molecule has 0 aliphatic carbocycles. The van der Waals surface area contributed by atoms with Gasteiger partial charge in [-0.15, -0.1) is 11.3 Å². The Bertz CT molecular complexity index is 762. The standard InChI is InChI=1S/C12H10N4O2S/c1-18-9-2-3-14-4-7(9)10-6-16-12(19-10)8(5-15-16)11(13)17/h2-6H,1H3,(H2,13,17). The normalized spacial score (nSPS) is 10.8. The van der Waals surface area contributed by atoms with Gasteiger partial charge in [-0.05, 0) is 6.07 Å². The van der Waals surface area contributed by atoms with Crippen molar-refractivity contribution in [2.24, 2.45) is 5.73 Å². The molecule has 0 unspecified atom stereocenters. The van der Waals surface area contributed by atoms with E-state index in [1.807, 2.05) is 6.20 Å². The van der Waals surface area contributed by atoms with Gasteiger partial charge in [0.1, 0.15) is 10.6 Å². The number of hydrogen-bond acceptors (Lipinski definition) is 5. The fraction of sp³-hybridized carbons (Fsp3) is 0.0833. The predicted molar refractivity (Wildman–Crippen MR) is 71.4 cm³/mol. The maximum Gasteiger partial charge on any atom is 0.253 e. The molecule has 0 spiro atoms. The molecule has 0 radical (unpaired) electrons. The predicted octanol–water partition coefficient (Wildman–Crippen LogP) is 1.57. The van der Waals surface area contributed by atoms with Crippen LogP contribution in [0.15, 0.2) is 30.9 Å². The Kier molecular flexibility index (Phi) is 2.68. The number of aromatic nitrogens is 3. The molecule has 0 saturated heterocycles. The van der Waals surface area contributed by atoms with Crippen LogP contribution in [0.1, 0.15) is 10.4 Å². The lowest BCUT2D eigenvalue weighted by molar-refractivity contribution is 0.100. The van der Waals surface area contributed by atoms with Crippen molar-refractivity contribution in [3.63, 3.8) is 0 Å². The Labute approximate surface area is 112 Å². The van der Waals surface area contributed by atoms with E-state index in [0.717, 1.165) is 16.2 Å². The maximum atomic E-state index is 11.3. The number of nitrogens with two attached hydrogens (primary N) is 1. The minimum Gasteiger partial charge on any atom is -0.496 e. The Balaban J connectivity index is 2.18. The Morgan fingerprint density at radius 3 is 3.05 bits per heavy atom. The van der Waals surface area contributed by atoms with E-state index < -0.39 is 5.91 Å². The first kappa shape index (κ1) is 11.7. The molecule has 19 heavy (non-hydrogen) atoms. The SMILES string of the molecule is COc1ccncc1-c1cn2ncc(C(N)=O)c2s1. The van der Waals surface area contributed by atoms with E-state index in [-0.39, 0.29) is 0 Å². The number of carbonyl (C=O) groups is 1. The summed E-state index contributed by atoms with van der Waals surface area (Å²) in [5, 5.41) is 4.11. The molecule has 3 aromatic heterocycles. The molecule has 3 rings (SSSR count). The summed E-state index contributed by atoms with van der Waals surface area (Å²) in [5.41, 5.74) is 6.58. The van der Waals surface area contributed by atoms with E-state index in [2.05, 4.69) is 10.1 Å². The van der Waals surface area contributed by atoms with Gasteiger partial charge in [-0.2, -0.15) is 5.10 Å². The van der Waals surface area contributed by atoms with Crippen LogP contribution < -0.4 is 10.5 Å². The zero-order valence-electron chi connectivity index (χ0n) is 10.0. The van der Waals surface area contributed by atoms with Crippen LogP contribution in [0.2, 0.25) is 0 Å². The van der Waals surface area contributed by atoms with Crippen LogP contribution in [-0.2, 0) is 0 Å². The fourth-order valence-electron chi connectivity index (χ4n) is 1.82. The third-order valence-corrected chi connectivity index (χ3v) is 3.87. The molecule has 0 atom stereocenters. The zero-order chi connectivity index (χ0) is 13.4. The smallest absolute Gasteiger partial charge is 0.253 e. The summed E-state index contributed by atoms with van der Waals surface area (Å²) in [6, 6.07) is 1.78. The van der Waals surface area contributed by atoms with Crippen LogP contribution in [0.5, 0.6) is 5.75 Å². The highest BCUT2D eigenvalue weighted by Gasteiger charge is 2.15. The van der Waals surface area contributed by atoms with Crippen LogP contribution in [0.3, 0.4) is 0 Å². The first-order chi connectivity index (χ1) is 9.20. The van der Waals surface area contributed by atoms with Gasteiger partial charge in [0.2, 0.25) is 0 Å². The summed E-state index contributed by atoms with van der Waals surface area (Å²) in [7, 11) is 1.60. The van der Waals surface area contributed by atoms with Crippen LogP contribution in [0.4, 0.5) is 0 Å². The molecule has 0 aromatic carbocycles. The van der Waals surface area contributed by atoms with Crippen molar-refractivity contribution in [2.75, 3.05) is 7.11 Å². The molecule has 0 aliphatic rings. The Morgan fingerprint density at radius 2 is 2.32 bits per heavy atom. The molecule has 3 aromatic rings. The van der Waals surface area contributed by atoms with Crippen LogP contribution >= 0.6 is 11.3 Å². The number of hydrogen-bond donors (Lipinski definition) is 1. The summed E-state index contributed by atoms with van der Waals surface area (Å²) >= 11 is 1.42. The van der Waals surface area contributed by atoms with Crippen molar-refractivity contribution in [1.29, 1.82) is 0 Å². The van der Waals surface area contributed by atoms with Crippen molar-refractivity contribution in [1.82, 2.24) is 14.6 Å². The molecular formula is C12H10N4O2S. The molecule has 7 heteroatoms. The molecule has 0 bridgehead atoms. The van der Waals surface area contributed by atoms with Gasteiger partial charge in [-0.3, -0.25) is 9.78 Å². The molecular weight excluding hydrogens is 264 g/mol. The van der Waals surface area contributed by atoms with Crippen LogP contribution in [0, 0.1) is 0 Å². The topological polar surface area (TPSA) is 82.5 Å². The first-order valence-corrected chi connectivity index (χ1v) is 6.27.